The number of hydrogen-bond acceptors (Lipinski definition) is 2. The molecule has 0 unspecified atom stereocenters. The molecule has 1 N–H and O–H groups in total. The van der Waals surface area contributed by atoms with Crippen molar-refractivity contribution < 1.29 is 27.8 Å². The lowest BCUT2D eigenvalue weighted by Crippen LogP contribution is -2.20. The molecule has 1 aromatic carbocycles. The van der Waals surface area contributed by atoms with E-state index in [0.29, 0.717) is 12.8 Å². The first kappa shape index (κ1) is 12.7. The van der Waals surface area contributed by atoms with Crippen LogP contribution < -0.4 is 4.74 Å². The zero-order valence-electron chi connectivity index (χ0n) is 9.54. The van der Waals surface area contributed by atoms with E-state index in [9.17, 15) is 18.0 Å². The molecule has 1 aromatic rings. The van der Waals surface area contributed by atoms with Crippen molar-refractivity contribution in [3.63, 3.8) is 0 Å². The summed E-state index contributed by atoms with van der Waals surface area (Å²) < 4.78 is 43.0. The molecule has 2 rings (SSSR count). The third-order valence-corrected chi connectivity index (χ3v) is 3.22. The SMILES string of the molecule is COc1ccc(C2(C(=O)O)CC2)cc1C(F)(F)F. The second kappa shape index (κ2) is 3.90. The highest BCUT2D eigenvalue weighted by Gasteiger charge is 2.52. The molecule has 18 heavy (non-hydrogen) atoms. The summed E-state index contributed by atoms with van der Waals surface area (Å²) in [7, 11) is 1.15. The summed E-state index contributed by atoms with van der Waals surface area (Å²) >= 11 is 0. The number of rotatable bonds is 3. The molecule has 0 heterocycles. The molecule has 0 aromatic heterocycles. The Morgan fingerprint density at radius 2 is 2.00 bits per heavy atom. The Kier molecular flexibility index (Phi) is 2.76. The summed E-state index contributed by atoms with van der Waals surface area (Å²) in [5.41, 5.74) is -1.90. The summed E-state index contributed by atoms with van der Waals surface area (Å²) in [4.78, 5) is 11.1. The van der Waals surface area contributed by atoms with Gasteiger partial charge in [-0.25, -0.2) is 0 Å². The van der Waals surface area contributed by atoms with Crippen LogP contribution in [0.4, 0.5) is 13.2 Å². The maximum absolute atomic E-state index is 12.8. The smallest absolute Gasteiger partial charge is 0.419 e. The molecule has 0 aliphatic heterocycles. The van der Waals surface area contributed by atoms with Crippen molar-refractivity contribution in [1.82, 2.24) is 0 Å². The van der Waals surface area contributed by atoms with Crippen molar-refractivity contribution in [1.29, 1.82) is 0 Å². The minimum Gasteiger partial charge on any atom is -0.496 e. The Balaban J connectivity index is 2.51. The summed E-state index contributed by atoms with van der Waals surface area (Å²) in [5.74, 6) is -1.38. The summed E-state index contributed by atoms with van der Waals surface area (Å²) in [5, 5.41) is 9.06. The third kappa shape index (κ3) is 1.91. The van der Waals surface area contributed by atoms with Crippen molar-refractivity contribution >= 4 is 5.97 Å². The Morgan fingerprint density at radius 3 is 2.39 bits per heavy atom. The van der Waals surface area contributed by atoms with Crippen LogP contribution in [0.2, 0.25) is 0 Å². The van der Waals surface area contributed by atoms with E-state index in [2.05, 4.69) is 4.74 Å². The van der Waals surface area contributed by atoms with E-state index in [4.69, 9.17) is 5.11 Å². The van der Waals surface area contributed by atoms with E-state index in [1.807, 2.05) is 0 Å². The fraction of sp³-hybridized carbons (Fsp3) is 0.417. The van der Waals surface area contributed by atoms with Crippen LogP contribution in [0.3, 0.4) is 0 Å². The standard InChI is InChI=1S/C12H11F3O3/c1-18-9-3-2-7(6-8(9)12(13,14)15)11(4-5-11)10(16)17/h2-3,6H,4-5H2,1H3,(H,16,17). The lowest BCUT2D eigenvalue weighted by atomic mass is 9.94. The first-order valence-electron chi connectivity index (χ1n) is 5.30. The van der Waals surface area contributed by atoms with Crippen molar-refractivity contribution in [3.8, 4) is 5.75 Å². The van der Waals surface area contributed by atoms with Gasteiger partial charge in [-0.15, -0.1) is 0 Å². The molecular formula is C12H11F3O3. The molecular weight excluding hydrogens is 249 g/mol. The normalized spacial score (nSPS) is 17.3. The van der Waals surface area contributed by atoms with Crippen molar-refractivity contribution in [2.75, 3.05) is 7.11 Å². The lowest BCUT2D eigenvalue weighted by Gasteiger charge is -2.16. The minimum atomic E-state index is -4.56. The van der Waals surface area contributed by atoms with Crippen LogP contribution in [0.25, 0.3) is 0 Å². The van der Waals surface area contributed by atoms with Gasteiger partial charge in [-0.1, -0.05) is 6.07 Å². The highest BCUT2D eigenvalue weighted by atomic mass is 19.4. The molecule has 0 saturated heterocycles. The van der Waals surface area contributed by atoms with Gasteiger partial charge in [0.1, 0.15) is 5.75 Å². The fourth-order valence-corrected chi connectivity index (χ4v) is 1.98. The largest absolute Gasteiger partial charge is 0.496 e. The number of alkyl halides is 3. The van der Waals surface area contributed by atoms with E-state index < -0.39 is 23.1 Å². The molecule has 3 nitrogen and oxygen atoms in total. The van der Waals surface area contributed by atoms with E-state index in [0.717, 1.165) is 13.2 Å². The monoisotopic (exact) mass is 260 g/mol. The van der Waals surface area contributed by atoms with Gasteiger partial charge in [0.25, 0.3) is 0 Å². The molecule has 1 saturated carbocycles. The first-order chi connectivity index (χ1) is 8.31. The van der Waals surface area contributed by atoms with Crippen LogP contribution in [0, 0.1) is 0 Å². The van der Waals surface area contributed by atoms with Gasteiger partial charge in [-0.3, -0.25) is 4.79 Å². The number of hydrogen-bond donors (Lipinski definition) is 1. The predicted molar refractivity (Wildman–Crippen MR) is 56.5 cm³/mol. The highest BCUT2D eigenvalue weighted by molar-refractivity contribution is 5.85. The van der Waals surface area contributed by atoms with Gasteiger partial charge in [-0.05, 0) is 30.5 Å². The minimum absolute atomic E-state index is 0.183. The number of halogens is 3. The van der Waals surface area contributed by atoms with E-state index in [-0.39, 0.29) is 11.3 Å². The van der Waals surface area contributed by atoms with Crippen LogP contribution in [-0.4, -0.2) is 18.2 Å². The van der Waals surface area contributed by atoms with E-state index in [1.54, 1.807) is 0 Å². The van der Waals surface area contributed by atoms with Gasteiger partial charge in [0, 0.05) is 0 Å². The van der Waals surface area contributed by atoms with Crippen molar-refractivity contribution in [2.45, 2.75) is 24.4 Å². The molecule has 1 aliphatic carbocycles. The molecule has 0 amide bonds. The summed E-state index contributed by atoms with van der Waals surface area (Å²) in [6, 6.07) is 3.43. The molecule has 0 bridgehead atoms. The van der Waals surface area contributed by atoms with Gasteiger partial charge in [-0.2, -0.15) is 13.2 Å². The Labute approximate surface area is 101 Å². The highest BCUT2D eigenvalue weighted by Crippen LogP contribution is 2.50. The van der Waals surface area contributed by atoms with Crippen LogP contribution in [0.5, 0.6) is 5.75 Å². The number of ether oxygens (including phenoxy) is 1. The molecule has 1 fully saturated rings. The number of carbonyl (C=O) groups is 1. The average Bonchev–Trinajstić information content (AvgIpc) is 3.08. The van der Waals surface area contributed by atoms with Crippen LogP contribution in [-0.2, 0) is 16.4 Å². The number of carboxylic acid groups (broad SMARTS) is 1. The molecule has 0 radical (unpaired) electrons. The van der Waals surface area contributed by atoms with Crippen molar-refractivity contribution in [3.05, 3.63) is 29.3 Å². The van der Waals surface area contributed by atoms with Gasteiger partial charge < -0.3 is 9.84 Å². The third-order valence-electron chi connectivity index (χ3n) is 3.22. The Morgan fingerprint density at radius 1 is 1.39 bits per heavy atom. The van der Waals surface area contributed by atoms with E-state index in [1.165, 1.54) is 12.1 Å². The van der Waals surface area contributed by atoms with Gasteiger partial charge in [0.2, 0.25) is 0 Å². The second-order valence-corrected chi connectivity index (χ2v) is 4.30. The zero-order chi connectivity index (χ0) is 13.6. The van der Waals surface area contributed by atoms with Gasteiger partial charge in [0.05, 0.1) is 18.1 Å². The maximum atomic E-state index is 12.8. The number of carboxylic acids is 1. The van der Waals surface area contributed by atoms with Crippen LogP contribution in [0.1, 0.15) is 24.0 Å². The Bertz CT molecular complexity index is 490. The number of benzene rings is 1. The molecule has 1 aliphatic rings. The molecule has 98 valence electrons. The van der Waals surface area contributed by atoms with Crippen LogP contribution in [0.15, 0.2) is 18.2 Å². The number of methoxy groups -OCH3 is 1. The van der Waals surface area contributed by atoms with Gasteiger partial charge in [0.15, 0.2) is 0 Å². The first-order valence-corrected chi connectivity index (χ1v) is 5.30. The quantitative estimate of drug-likeness (QED) is 0.909. The maximum Gasteiger partial charge on any atom is 0.419 e. The van der Waals surface area contributed by atoms with Crippen LogP contribution >= 0.6 is 0 Å². The average molecular weight is 260 g/mol. The molecule has 0 spiro atoms. The predicted octanol–water partition coefficient (Wildman–Crippen LogP) is 2.83. The van der Waals surface area contributed by atoms with Gasteiger partial charge >= 0.3 is 12.1 Å². The lowest BCUT2D eigenvalue weighted by molar-refractivity contribution is -0.141. The van der Waals surface area contributed by atoms with Crippen molar-refractivity contribution in [2.24, 2.45) is 0 Å². The Hall–Kier alpha value is -1.72. The second-order valence-electron chi connectivity index (χ2n) is 4.30. The molecule has 6 heteroatoms. The molecule has 0 atom stereocenters. The number of aliphatic carboxylic acids is 1. The topological polar surface area (TPSA) is 46.5 Å². The fourth-order valence-electron chi connectivity index (χ4n) is 1.98. The zero-order valence-corrected chi connectivity index (χ0v) is 9.54. The summed E-state index contributed by atoms with van der Waals surface area (Å²) in [6.45, 7) is 0. The van der Waals surface area contributed by atoms with E-state index >= 15 is 0 Å². The summed E-state index contributed by atoms with van der Waals surface area (Å²) in [6.07, 6.45) is -3.83.